The number of halogens is 1. The number of nitrogens with zero attached hydrogens (tertiary/aromatic N) is 2. The Morgan fingerprint density at radius 1 is 1.29 bits per heavy atom. The zero-order chi connectivity index (χ0) is 17.7. The first-order valence-electron chi connectivity index (χ1n) is 8.74. The number of carbonyl (C=O) groups is 2. The van der Waals surface area contributed by atoms with E-state index in [0.29, 0.717) is 32.5 Å². The van der Waals surface area contributed by atoms with Gasteiger partial charge in [0.25, 0.3) is 0 Å². The van der Waals surface area contributed by atoms with Gasteiger partial charge in [0.2, 0.25) is 11.8 Å². The molecule has 0 bridgehead atoms. The second-order valence-corrected chi connectivity index (χ2v) is 6.80. The quantitative estimate of drug-likeness (QED) is 0.829. The highest BCUT2D eigenvalue weighted by Crippen LogP contribution is 2.21. The molecule has 4 nitrogen and oxygen atoms in total. The van der Waals surface area contributed by atoms with Crippen molar-refractivity contribution in [1.29, 1.82) is 0 Å². The lowest BCUT2D eigenvalue weighted by atomic mass is 10.0. The maximum Gasteiger partial charge on any atom is 0.224 e. The van der Waals surface area contributed by atoms with Crippen molar-refractivity contribution in [3.05, 3.63) is 35.6 Å². The Morgan fingerprint density at radius 3 is 2.54 bits per heavy atom. The molecule has 1 aliphatic rings. The summed E-state index contributed by atoms with van der Waals surface area (Å²) >= 11 is 0. The predicted octanol–water partition coefficient (Wildman–Crippen LogP) is 3.21. The Labute approximate surface area is 143 Å². The molecule has 1 aromatic rings. The Bertz CT molecular complexity index is 571. The number of hydrogen-bond acceptors (Lipinski definition) is 2. The molecule has 1 unspecified atom stereocenters. The molecular formula is C19H27FN2O2. The minimum Gasteiger partial charge on any atom is -0.340 e. The summed E-state index contributed by atoms with van der Waals surface area (Å²) in [7, 11) is 0. The van der Waals surface area contributed by atoms with Gasteiger partial charge in [0.15, 0.2) is 0 Å². The molecule has 5 heteroatoms. The highest BCUT2D eigenvalue weighted by Gasteiger charge is 2.33. The summed E-state index contributed by atoms with van der Waals surface area (Å²) < 4.78 is 13.1. The van der Waals surface area contributed by atoms with Crippen LogP contribution in [0.25, 0.3) is 0 Å². The molecule has 0 spiro atoms. The van der Waals surface area contributed by atoms with Crippen molar-refractivity contribution >= 4 is 11.8 Å². The minimum absolute atomic E-state index is 0.0224. The van der Waals surface area contributed by atoms with E-state index >= 15 is 0 Å². The van der Waals surface area contributed by atoms with Crippen LogP contribution >= 0.6 is 0 Å². The van der Waals surface area contributed by atoms with Gasteiger partial charge in [0, 0.05) is 32.5 Å². The number of hydrogen-bond donors (Lipinski definition) is 0. The average Bonchev–Trinajstić information content (AvgIpc) is 2.70. The molecule has 2 rings (SSSR count). The van der Waals surface area contributed by atoms with Crippen molar-refractivity contribution in [2.24, 2.45) is 5.92 Å². The normalized spacial score (nSPS) is 18.9. The molecule has 2 amide bonds. The van der Waals surface area contributed by atoms with Gasteiger partial charge in [-0.25, -0.2) is 4.39 Å². The summed E-state index contributed by atoms with van der Waals surface area (Å²) in [6.07, 6.45) is 1.69. The molecule has 1 aliphatic heterocycles. The smallest absolute Gasteiger partial charge is 0.224 e. The van der Waals surface area contributed by atoms with Crippen LogP contribution in [0.15, 0.2) is 24.3 Å². The third-order valence-corrected chi connectivity index (χ3v) is 4.58. The van der Waals surface area contributed by atoms with Crippen LogP contribution in [0.2, 0.25) is 0 Å². The Kier molecular flexibility index (Phi) is 6.35. The number of amides is 2. The van der Waals surface area contributed by atoms with Gasteiger partial charge in [-0.15, -0.1) is 0 Å². The third-order valence-electron chi connectivity index (χ3n) is 4.58. The molecular weight excluding hydrogens is 307 g/mol. The summed E-state index contributed by atoms with van der Waals surface area (Å²) in [5.41, 5.74) is 0.906. The van der Waals surface area contributed by atoms with E-state index in [4.69, 9.17) is 0 Å². The molecule has 1 atom stereocenters. The number of rotatable bonds is 5. The van der Waals surface area contributed by atoms with Crippen LogP contribution in [-0.2, 0) is 16.1 Å². The Morgan fingerprint density at radius 2 is 1.96 bits per heavy atom. The molecule has 0 saturated carbocycles. The topological polar surface area (TPSA) is 40.6 Å². The van der Waals surface area contributed by atoms with E-state index in [1.807, 2.05) is 16.7 Å². The van der Waals surface area contributed by atoms with Crippen molar-refractivity contribution in [3.8, 4) is 0 Å². The van der Waals surface area contributed by atoms with Gasteiger partial charge in [-0.05, 0) is 30.0 Å². The van der Waals surface area contributed by atoms with E-state index in [-0.39, 0.29) is 29.6 Å². The molecule has 1 heterocycles. The predicted molar refractivity (Wildman–Crippen MR) is 91.7 cm³/mol. The number of benzene rings is 1. The largest absolute Gasteiger partial charge is 0.340 e. The van der Waals surface area contributed by atoms with Gasteiger partial charge in [0.1, 0.15) is 5.82 Å². The summed E-state index contributed by atoms with van der Waals surface area (Å²) in [5, 5.41) is 0. The van der Waals surface area contributed by atoms with Gasteiger partial charge in [0.05, 0.1) is 6.04 Å². The average molecular weight is 334 g/mol. The van der Waals surface area contributed by atoms with Crippen molar-refractivity contribution in [3.63, 3.8) is 0 Å². The first kappa shape index (κ1) is 18.4. The van der Waals surface area contributed by atoms with Crippen LogP contribution in [0, 0.1) is 11.7 Å². The van der Waals surface area contributed by atoms with Crippen molar-refractivity contribution in [2.75, 3.05) is 13.1 Å². The summed E-state index contributed by atoms with van der Waals surface area (Å²) in [5.74, 6) is 0.145. The van der Waals surface area contributed by atoms with Crippen LogP contribution in [0.3, 0.4) is 0 Å². The Hall–Kier alpha value is -1.91. The fourth-order valence-corrected chi connectivity index (χ4v) is 3.14. The van der Waals surface area contributed by atoms with E-state index in [1.54, 1.807) is 12.1 Å². The fourth-order valence-electron chi connectivity index (χ4n) is 3.14. The standard InChI is InChI=1S/C19H27FN2O2/c1-4-5-18(23)21-11-10-19(24)22(17(13-21)14(2)3)12-15-6-8-16(20)9-7-15/h6-9,14,17H,4-5,10-13H2,1-3H3. The maximum absolute atomic E-state index is 13.1. The first-order chi connectivity index (χ1) is 11.4. The van der Waals surface area contributed by atoms with Crippen LogP contribution in [-0.4, -0.2) is 40.7 Å². The molecule has 1 saturated heterocycles. The molecule has 1 fully saturated rings. The highest BCUT2D eigenvalue weighted by molar-refractivity contribution is 5.80. The zero-order valence-corrected chi connectivity index (χ0v) is 14.8. The van der Waals surface area contributed by atoms with Gasteiger partial charge >= 0.3 is 0 Å². The molecule has 1 aromatic carbocycles. The molecule has 24 heavy (non-hydrogen) atoms. The molecule has 0 aliphatic carbocycles. The third kappa shape index (κ3) is 4.56. The summed E-state index contributed by atoms with van der Waals surface area (Å²) in [4.78, 5) is 28.6. The SMILES string of the molecule is CCCC(=O)N1CCC(=O)N(Cc2ccc(F)cc2)C(C(C)C)C1. The van der Waals surface area contributed by atoms with Crippen molar-refractivity contribution < 1.29 is 14.0 Å². The minimum atomic E-state index is -0.280. The van der Waals surface area contributed by atoms with Gasteiger partial charge in [-0.1, -0.05) is 32.9 Å². The van der Waals surface area contributed by atoms with Gasteiger partial charge in [-0.2, -0.15) is 0 Å². The first-order valence-corrected chi connectivity index (χ1v) is 8.74. The van der Waals surface area contributed by atoms with E-state index in [1.165, 1.54) is 12.1 Å². The van der Waals surface area contributed by atoms with E-state index < -0.39 is 0 Å². The molecule has 0 aromatic heterocycles. The second kappa shape index (κ2) is 8.27. The van der Waals surface area contributed by atoms with Crippen LogP contribution < -0.4 is 0 Å². The van der Waals surface area contributed by atoms with Crippen molar-refractivity contribution in [1.82, 2.24) is 9.80 Å². The maximum atomic E-state index is 13.1. The van der Waals surface area contributed by atoms with Gasteiger partial charge < -0.3 is 9.80 Å². The van der Waals surface area contributed by atoms with Gasteiger partial charge in [-0.3, -0.25) is 9.59 Å². The zero-order valence-electron chi connectivity index (χ0n) is 14.8. The molecule has 0 N–H and O–H groups in total. The number of carbonyl (C=O) groups excluding carboxylic acids is 2. The van der Waals surface area contributed by atoms with E-state index in [9.17, 15) is 14.0 Å². The van der Waals surface area contributed by atoms with Crippen LogP contribution in [0.5, 0.6) is 0 Å². The van der Waals surface area contributed by atoms with Crippen molar-refractivity contribution in [2.45, 2.75) is 52.6 Å². The lowest BCUT2D eigenvalue weighted by Gasteiger charge is -2.34. The lowest BCUT2D eigenvalue weighted by Crippen LogP contribution is -2.47. The van der Waals surface area contributed by atoms with Crippen LogP contribution in [0.4, 0.5) is 4.39 Å². The summed E-state index contributed by atoms with van der Waals surface area (Å²) in [6.45, 7) is 7.65. The van der Waals surface area contributed by atoms with E-state index in [0.717, 1.165) is 12.0 Å². The molecule has 0 radical (unpaired) electrons. The highest BCUT2D eigenvalue weighted by atomic mass is 19.1. The Balaban J connectivity index is 2.19. The fraction of sp³-hybridized carbons (Fsp3) is 0.579. The summed E-state index contributed by atoms with van der Waals surface area (Å²) in [6, 6.07) is 6.24. The monoisotopic (exact) mass is 334 g/mol. The lowest BCUT2D eigenvalue weighted by molar-refractivity contribution is -0.134. The molecule has 132 valence electrons. The van der Waals surface area contributed by atoms with Crippen LogP contribution in [0.1, 0.15) is 45.6 Å². The second-order valence-electron chi connectivity index (χ2n) is 6.80. The van der Waals surface area contributed by atoms with E-state index in [2.05, 4.69) is 13.8 Å².